The summed E-state index contributed by atoms with van der Waals surface area (Å²) in [5.74, 6) is 3.14. The maximum absolute atomic E-state index is 11.7. The van der Waals surface area contributed by atoms with E-state index in [1.807, 2.05) is 0 Å². The Balaban J connectivity index is 1.56. The summed E-state index contributed by atoms with van der Waals surface area (Å²) >= 11 is 1.80. The Labute approximate surface area is 147 Å². The van der Waals surface area contributed by atoms with Crippen LogP contribution >= 0.6 is 11.8 Å². The molecule has 1 amide bonds. The van der Waals surface area contributed by atoms with E-state index in [-0.39, 0.29) is 12.5 Å². The zero-order chi connectivity index (χ0) is 17.2. The molecule has 2 rings (SSSR count). The Kier molecular flexibility index (Phi) is 7.49. The normalized spacial score (nSPS) is 10.2. The fourth-order valence-corrected chi connectivity index (χ4v) is 2.83. The summed E-state index contributed by atoms with van der Waals surface area (Å²) in [6, 6.07) is 15.7. The summed E-state index contributed by atoms with van der Waals surface area (Å²) in [5.41, 5.74) is 2.58. The summed E-state index contributed by atoms with van der Waals surface area (Å²) in [7, 11) is 1.61. The van der Waals surface area contributed by atoms with Gasteiger partial charge in [-0.15, -0.1) is 0 Å². The number of nitrogens with one attached hydrogen (secondary N) is 1. The molecule has 2 aromatic rings. The largest absolute Gasteiger partial charge is 0.497 e. The number of hydrogen-bond acceptors (Lipinski definition) is 4. The van der Waals surface area contributed by atoms with Crippen LogP contribution in [0.15, 0.2) is 48.5 Å². The number of ether oxygens (including phenoxy) is 2. The highest BCUT2D eigenvalue weighted by Gasteiger charge is 2.02. The molecule has 2 aromatic carbocycles. The number of rotatable bonds is 9. The first kappa shape index (κ1) is 18.2. The third-order valence-corrected chi connectivity index (χ3v) is 4.42. The van der Waals surface area contributed by atoms with Crippen LogP contribution in [0.3, 0.4) is 0 Å². The summed E-state index contributed by atoms with van der Waals surface area (Å²) in [6.45, 7) is 2.75. The average molecular weight is 345 g/mol. The van der Waals surface area contributed by atoms with Crippen LogP contribution < -0.4 is 14.8 Å². The van der Waals surface area contributed by atoms with Gasteiger partial charge >= 0.3 is 0 Å². The number of carbonyl (C=O) groups excluding carboxylic acids is 1. The van der Waals surface area contributed by atoms with Crippen LogP contribution in [0.25, 0.3) is 0 Å². The van der Waals surface area contributed by atoms with E-state index in [4.69, 9.17) is 9.47 Å². The Bertz CT molecular complexity index is 626. The molecule has 128 valence electrons. The van der Waals surface area contributed by atoms with Crippen molar-refractivity contribution in [3.8, 4) is 11.5 Å². The molecule has 4 nitrogen and oxygen atoms in total. The number of methoxy groups -OCH3 is 1. The number of benzene rings is 2. The highest BCUT2D eigenvalue weighted by atomic mass is 32.2. The van der Waals surface area contributed by atoms with E-state index in [0.29, 0.717) is 12.3 Å². The van der Waals surface area contributed by atoms with E-state index >= 15 is 0 Å². The summed E-state index contributed by atoms with van der Waals surface area (Å²) in [4.78, 5) is 11.7. The maximum Gasteiger partial charge on any atom is 0.257 e. The summed E-state index contributed by atoms with van der Waals surface area (Å²) in [5, 5.41) is 2.86. The lowest BCUT2D eigenvalue weighted by atomic mass is 10.2. The smallest absolute Gasteiger partial charge is 0.257 e. The molecule has 0 radical (unpaired) electrons. The van der Waals surface area contributed by atoms with E-state index in [1.54, 1.807) is 43.1 Å². The van der Waals surface area contributed by atoms with Crippen LogP contribution in [-0.2, 0) is 10.5 Å². The fourth-order valence-electron chi connectivity index (χ4n) is 2.01. The van der Waals surface area contributed by atoms with Gasteiger partial charge in [0, 0.05) is 18.1 Å². The van der Waals surface area contributed by atoms with Crippen LogP contribution in [0.2, 0.25) is 0 Å². The minimum absolute atomic E-state index is 0.0228. The van der Waals surface area contributed by atoms with Crippen LogP contribution in [0, 0.1) is 6.92 Å². The topological polar surface area (TPSA) is 47.6 Å². The van der Waals surface area contributed by atoms with E-state index in [1.165, 1.54) is 11.1 Å². The van der Waals surface area contributed by atoms with Gasteiger partial charge < -0.3 is 14.8 Å². The van der Waals surface area contributed by atoms with Gasteiger partial charge in [-0.2, -0.15) is 11.8 Å². The lowest BCUT2D eigenvalue weighted by Crippen LogP contribution is -2.30. The van der Waals surface area contributed by atoms with Crippen LogP contribution in [0.5, 0.6) is 11.5 Å². The quantitative estimate of drug-likeness (QED) is 0.707. The van der Waals surface area contributed by atoms with E-state index in [0.717, 1.165) is 17.3 Å². The van der Waals surface area contributed by atoms with Gasteiger partial charge in [-0.3, -0.25) is 4.79 Å². The van der Waals surface area contributed by atoms with E-state index in [9.17, 15) is 4.79 Å². The molecule has 0 saturated carbocycles. The minimum Gasteiger partial charge on any atom is -0.497 e. The maximum atomic E-state index is 11.7. The SMILES string of the molecule is COc1ccc(OCC(=O)NCCSCc2ccc(C)cc2)cc1. The highest BCUT2D eigenvalue weighted by molar-refractivity contribution is 7.98. The number of thioether (sulfide) groups is 1. The Hall–Kier alpha value is -2.14. The van der Waals surface area contributed by atoms with Crippen LogP contribution in [0.4, 0.5) is 0 Å². The van der Waals surface area contributed by atoms with E-state index < -0.39 is 0 Å². The van der Waals surface area contributed by atoms with Gasteiger partial charge in [-0.1, -0.05) is 29.8 Å². The zero-order valence-electron chi connectivity index (χ0n) is 14.1. The predicted octanol–water partition coefficient (Wildman–Crippen LogP) is 3.43. The first-order chi connectivity index (χ1) is 11.7. The van der Waals surface area contributed by atoms with Crippen molar-refractivity contribution in [2.75, 3.05) is 26.0 Å². The Morgan fingerprint density at radius 3 is 2.38 bits per heavy atom. The van der Waals surface area contributed by atoms with Gasteiger partial charge in [-0.25, -0.2) is 0 Å². The number of amides is 1. The second-order valence-electron chi connectivity index (χ2n) is 5.35. The zero-order valence-corrected chi connectivity index (χ0v) is 14.9. The molecule has 0 atom stereocenters. The third-order valence-electron chi connectivity index (χ3n) is 3.39. The summed E-state index contributed by atoms with van der Waals surface area (Å²) < 4.78 is 10.5. The molecule has 0 spiro atoms. The van der Waals surface area contributed by atoms with Gasteiger partial charge in [0.05, 0.1) is 7.11 Å². The van der Waals surface area contributed by atoms with Crippen LogP contribution in [-0.4, -0.2) is 31.9 Å². The molecule has 24 heavy (non-hydrogen) atoms. The second kappa shape index (κ2) is 9.88. The fraction of sp³-hybridized carbons (Fsp3) is 0.316. The van der Waals surface area contributed by atoms with Gasteiger partial charge in [0.15, 0.2) is 6.61 Å². The third kappa shape index (κ3) is 6.54. The van der Waals surface area contributed by atoms with Gasteiger partial charge in [0.2, 0.25) is 0 Å². The Morgan fingerprint density at radius 1 is 1.04 bits per heavy atom. The number of carbonyl (C=O) groups is 1. The molecule has 0 saturated heterocycles. The molecule has 5 heteroatoms. The molecule has 0 aliphatic rings. The standard InChI is InChI=1S/C19H23NO3S/c1-15-3-5-16(6-4-15)14-24-12-11-20-19(21)13-23-18-9-7-17(22-2)8-10-18/h3-10H,11-14H2,1-2H3,(H,20,21). The number of hydrogen-bond donors (Lipinski definition) is 1. The molecular formula is C19H23NO3S. The number of aryl methyl sites for hydroxylation is 1. The van der Waals surface area contributed by atoms with Crippen molar-refractivity contribution in [3.05, 3.63) is 59.7 Å². The summed E-state index contributed by atoms with van der Waals surface area (Å²) in [6.07, 6.45) is 0. The van der Waals surface area contributed by atoms with Crippen molar-refractivity contribution < 1.29 is 14.3 Å². The van der Waals surface area contributed by atoms with Crippen molar-refractivity contribution in [2.24, 2.45) is 0 Å². The monoisotopic (exact) mass is 345 g/mol. The molecule has 0 bridgehead atoms. The molecule has 1 N–H and O–H groups in total. The highest BCUT2D eigenvalue weighted by Crippen LogP contribution is 2.16. The molecular weight excluding hydrogens is 322 g/mol. The van der Waals surface area contributed by atoms with Crippen LogP contribution in [0.1, 0.15) is 11.1 Å². The second-order valence-corrected chi connectivity index (χ2v) is 6.46. The van der Waals surface area contributed by atoms with Crippen molar-refractivity contribution >= 4 is 17.7 Å². The molecule has 0 fully saturated rings. The molecule has 0 heterocycles. The molecule has 0 unspecified atom stereocenters. The average Bonchev–Trinajstić information content (AvgIpc) is 2.61. The van der Waals surface area contributed by atoms with Crippen molar-refractivity contribution in [1.29, 1.82) is 0 Å². The first-order valence-corrected chi connectivity index (χ1v) is 8.99. The van der Waals surface area contributed by atoms with Gasteiger partial charge in [0.25, 0.3) is 5.91 Å². The van der Waals surface area contributed by atoms with Gasteiger partial charge in [-0.05, 0) is 36.8 Å². The van der Waals surface area contributed by atoms with Crippen molar-refractivity contribution in [2.45, 2.75) is 12.7 Å². The molecule has 0 aromatic heterocycles. The van der Waals surface area contributed by atoms with E-state index in [2.05, 4.69) is 36.5 Å². The Morgan fingerprint density at radius 2 is 1.71 bits per heavy atom. The lowest BCUT2D eigenvalue weighted by molar-refractivity contribution is -0.122. The predicted molar refractivity (Wildman–Crippen MR) is 98.8 cm³/mol. The van der Waals surface area contributed by atoms with Crippen molar-refractivity contribution in [1.82, 2.24) is 5.32 Å². The first-order valence-electron chi connectivity index (χ1n) is 7.84. The molecule has 0 aliphatic heterocycles. The molecule has 0 aliphatic carbocycles. The minimum atomic E-state index is -0.109. The lowest BCUT2D eigenvalue weighted by Gasteiger charge is -2.08. The van der Waals surface area contributed by atoms with Gasteiger partial charge in [0.1, 0.15) is 11.5 Å². The van der Waals surface area contributed by atoms with Crippen molar-refractivity contribution in [3.63, 3.8) is 0 Å².